The topological polar surface area (TPSA) is 92.4 Å². The van der Waals surface area contributed by atoms with Gasteiger partial charge in [-0.2, -0.15) is 0 Å². The molecule has 0 fully saturated rings. The van der Waals surface area contributed by atoms with Crippen LogP contribution in [0.15, 0.2) is 54.6 Å². The molecule has 0 aromatic heterocycles. The molecular formula is C19H22N2O3. The molecule has 2 aromatic carbocycles. The number of carbonyl (C=O) groups excluding carboxylic acids is 2. The molecule has 0 radical (unpaired) electrons. The Bertz CT molecular complexity index is 684. The molecule has 2 rings (SSSR count). The van der Waals surface area contributed by atoms with Crippen molar-refractivity contribution >= 4 is 11.7 Å². The van der Waals surface area contributed by atoms with Gasteiger partial charge in [-0.25, -0.2) is 0 Å². The third-order valence-corrected chi connectivity index (χ3v) is 3.88. The maximum absolute atomic E-state index is 12.9. The lowest BCUT2D eigenvalue weighted by Crippen LogP contribution is -2.45. The van der Waals surface area contributed by atoms with E-state index in [1.807, 2.05) is 30.3 Å². The number of rotatable bonds is 7. The summed E-state index contributed by atoms with van der Waals surface area (Å²) >= 11 is 0. The molecular weight excluding hydrogens is 304 g/mol. The van der Waals surface area contributed by atoms with Crippen LogP contribution in [0.4, 0.5) is 0 Å². The van der Waals surface area contributed by atoms with Gasteiger partial charge in [-0.05, 0) is 29.7 Å². The first-order chi connectivity index (χ1) is 11.5. The minimum absolute atomic E-state index is 0.119. The molecule has 0 heterocycles. The number of benzene rings is 2. The summed E-state index contributed by atoms with van der Waals surface area (Å²) in [6.07, 6.45) is 0.349. The summed E-state index contributed by atoms with van der Waals surface area (Å²) < 4.78 is 0. The van der Waals surface area contributed by atoms with Crippen molar-refractivity contribution in [2.45, 2.75) is 25.3 Å². The van der Waals surface area contributed by atoms with Crippen LogP contribution in [-0.2, 0) is 16.0 Å². The highest BCUT2D eigenvalue weighted by Crippen LogP contribution is 2.19. The molecule has 2 atom stereocenters. The zero-order chi connectivity index (χ0) is 17.5. The molecule has 0 aliphatic rings. The van der Waals surface area contributed by atoms with Crippen molar-refractivity contribution < 1.29 is 14.7 Å². The van der Waals surface area contributed by atoms with Crippen molar-refractivity contribution in [3.8, 4) is 5.75 Å². The Hall–Kier alpha value is -2.66. The Morgan fingerprint density at radius 1 is 1.08 bits per heavy atom. The number of aromatic hydroxyl groups is 1. The zero-order valence-corrected chi connectivity index (χ0v) is 13.6. The minimum atomic E-state index is -0.666. The van der Waals surface area contributed by atoms with Crippen LogP contribution < -0.4 is 11.1 Å². The van der Waals surface area contributed by atoms with Gasteiger partial charge < -0.3 is 16.2 Å². The highest BCUT2D eigenvalue weighted by molar-refractivity contribution is 5.93. The molecule has 126 valence electrons. The summed E-state index contributed by atoms with van der Waals surface area (Å²) in [5.74, 6) is -0.701. The van der Waals surface area contributed by atoms with Crippen LogP contribution >= 0.6 is 0 Å². The number of phenols is 1. The maximum Gasteiger partial charge on any atom is 0.217 e. The van der Waals surface area contributed by atoms with Crippen molar-refractivity contribution in [2.24, 2.45) is 5.73 Å². The second kappa shape index (κ2) is 8.26. The minimum Gasteiger partial charge on any atom is -0.508 e. The molecule has 0 saturated carbocycles. The van der Waals surface area contributed by atoms with Gasteiger partial charge in [0.05, 0.1) is 12.0 Å². The molecule has 5 heteroatoms. The van der Waals surface area contributed by atoms with Crippen LogP contribution in [0.3, 0.4) is 0 Å². The van der Waals surface area contributed by atoms with Gasteiger partial charge in [0, 0.05) is 13.5 Å². The van der Waals surface area contributed by atoms with Crippen molar-refractivity contribution in [3.63, 3.8) is 0 Å². The molecule has 1 amide bonds. The number of ketones is 1. The van der Waals surface area contributed by atoms with Crippen LogP contribution in [0.25, 0.3) is 0 Å². The van der Waals surface area contributed by atoms with Gasteiger partial charge in [0.1, 0.15) is 5.75 Å². The first kappa shape index (κ1) is 17.7. The van der Waals surface area contributed by atoms with E-state index in [1.165, 1.54) is 6.92 Å². The summed E-state index contributed by atoms with van der Waals surface area (Å²) in [5, 5.41) is 12.1. The lowest BCUT2D eigenvalue weighted by molar-refractivity contribution is -0.127. The van der Waals surface area contributed by atoms with E-state index >= 15 is 0 Å². The van der Waals surface area contributed by atoms with E-state index in [-0.39, 0.29) is 24.0 Å². The number of carbonyl (C=O) groups is 2. The summed E-state index contributed by atoms with van der Waals surface area (Å²) in [4.78, 5) is 24.5. The first-order valence-corrected chi connectivity index (χ1v) is 7.85. The highest BCUT2D eigenvalue weighted by Gasteiger charge is 2.28. The number of hydrogen-bond donors (Lipinski definition) is 3. The van der Waals surface area contributed by atoms with Gasteiger partial charge in [-0.15, -0.1) is 0 Å². The zero-order valence-electron chi connectivity index (χ0n) is 13.6. The quantitative estimate of drug-likeness (QED) is 0.723. The van der Waals surface area contributed by atoms with E-state index < -0.39 is 12.0 Å². The molecule has 1 unspecified atom stereocenters. The molecule has 0 spiro atoms. The third-order valence-electron chi connectivity index (χ3n) is 3.88. The molecule has 0 saturated heterocycles. The summed E-state index contributed by atoms with van der Waals surface area (Å²) in [6.45, 7) is 1.56. The molecule has 0 aliphatic carbocycles. The molecule has 0 bridgehead atoms. The van der Waals surface area contributed by atoms with Crippen LogP contribution in [0.5, 0.6) is 5.75 Å². The predicted octanol–water partition coefficient (Wildman–Crippen LogP) is 1.75. The van der Waals surface area contributed by atoms with Crippen molar-refractivity contribution in [3.05, 3.63) is 65.7 Å². The summed E-state index contributed by atoms with van der Waals surface area (Å²) in [6, 6.07) is 15.2. The normalized spacial score (nSPS) is 13.1. The van der Waals surface area contributed by atoms with Crippen molar-refractivity contribution in [2.75, 3.05) is 6.54 Å². The lowest BCUT2D eigenvalue weighted by Gasteiger charge is -2.22. The third kappa shape index (κ3) is 4.67. The average Bonchev–Trinajstić information content (AvgIpc) is 2.57. The number of Topliss-reactive ketones (excluding diaryl/α,β-unsaturated/α-hetero) is 1. The summed E-state index contributed by atoms with van der Waals surface area (Å²) in [7, 11) is 0. The Kier molecular flexibility index (Phi) is 6.09. The lowest BCUT2D eigenvalue weighted by atomic mass is 9.88. The fourth-order valence-electron chi connectivity index (χ4n) is 2.68. The van der Waals surface area contributed by atoms with Gasteiger partial charge in [0.15, 0.2) is 5.78 Å². The Morgan fingerprint density at radius 2 is 1.71 bits per heavy atom. The second-order valence-corrected chi connectivity index (χ2v) is 5.73. The smallest absolute Gasteiger partial charge is 0.217 e. The van der Waals surface area contributed by atoms with E-state index in [4.69, 9.17) is 5.73 Å². The second-order valence-electron chi connectivity index (χ2n) is 5.73. The van der Waals surface area contributed by atoms with E-state index in [1.54, 1.807) is 24.3 Å². The molecule has 24 heavy (non-hydrogen) atoms. The predicted molar refractivity (Wildman–Crippen MR) is 92.7 cm³/mol. The van der Waals surface area contributed by atoms with E-state index in [0.717, 1.165) is 11.1 Å². The van der Waals surface area contributed by atoms with Gasteiger partial charge in [-0.3, -0.25) is 9.59 Å². The molecule has 0 aliphatic heterocycles. The van der Waals surface area contributed by atoms with E-state index in [9.17, 15) is 14.7 Å². The van der Waals surface area contributed by atoms with Gasteiger partial charge in [0.25, 0.3) is 0 Å². The molecule has 2 aromatic rings. The number of phenolic OH excluding ortho intramolecular Hbond substituents is 1. The molecule has 4 N–H and O–H groups in total. The van der Waals surface area contributed by atoms with Crippen LogP contribution in [0, 0.1) is 0 Å². The Morgan fingerprint density at radius 3 is 2.25 bits per heavy atom. The SMILES string of the molecule is CC(=O)N[C@@H](Cc1ccc(O)cc1)C(=O)C(CN)c1ccccc1. The molecule has 5 nitrogen and oxygen atoms in total. The van der Waals surface area contributed by atoms with E-state index in [2.05, 4.69) is 5.32 Å². The number of hydrogen-bond acceptors (Lipinski definition) is 4. The summed E-state index contributed by atoms with van der Waals surface area (Å²) in [5.41, 5.74) is 7.51. The van der Waals surface area contributed by atoms with Crippen molar-refractivity contribution in [1.29, 1.82) is 0 Å². The van der Waals surface area contributed by atoms with Gasteiger partial charge >= 0.3 is 0 Å². The van der Waals surface area contributed by atoms with Crippen LogP contribution in [0.1, 0.15) is 24.0 Å². The number of nitrogens with two attached hydrogens (primary N) is 1. The van der Waals surface area contributed by atoms with Crippen molar-refractivity contribution in [1.82, 2.24) is 5.32 Å². The van der Waals surface area contributed by atoms with Gasteiger partial charge in [-0.1, -0.05) is 42.5 Å². The first-order valence-electron chi connectivity index (χ1n) is 7.85. The number of nitrogens with one attached hydrogen (secondary N) is 1. The van der Waals surface area contributed by atoms with Crippen LogP contribution in [-0.4, -0.2) is 29.4 Å². The monoisotopic (exact) mass is 326 g/mol. The van der Waals surface area contributed by atoms with Crippen LogP contribution in [0.2, 0.25) is 0 Å². The van der Waals surface area contributed by atoms with E-state index in [0.29, 0.717) is 6.42 Å². The standard InChI is InChI=1S/C19H22N2O3/c1-13(22)21-18(11-14-7-9-16(23)10-8-14)19(24)17(12-20)15-5-3-2-4-6-15/h2-10,17-18,23H,11-12,20H2,1H3,(H,21,22)/t17?,18-/m0/s1. The van der Waals surface area contributed by atoms with Gasteiger partial charge in [0.2, 0.25) is 5.91 Å². The largest absolute Gasteiger partial charge is 0.508 e. The average molecular weight is 326 g/mol. The number of amides is 1. The Balaban J connectivity index is 2.23. The fraction of sp³-hybridized carbons (Fsp3) is 0.263. The maximum atomic E-state index is 12.9. The highest BCUT2D eigenvalue weighted by atomic mass is 16.3. The fourth-order valence-corrected chi connectivity index (χ4v) is 2.68. The Labute approximate surface area is 141 Å².